The number of fused-ring (bicyclic) bond motifs is 1. The summed E-state index contributed by atoms with van der Waals surface area (Å²) in [6, 6.07) is 5.58. The Morgan fingerprint density at radius 2 is 1.95 bits per heavy atom. The summed E-state index contributed by atoms with van der Waals surface area (Å²) < 4.78 is 5.40. The zero-order chi connectivity index (χ0) is 15.5. The third-order valence-electron chi connectivity index (χ3n) is 5.06. The van der Waals surface area contributed by atoms with Crippen molar-refractivity contribution < 1.29 is 4.74 Å². The highest BCUT2D eigenvalue weighted by molar-refractivity contribution is 5.25. The molecule has 2 fully saturated rings. The van der Waals surface area contributed by atoms with Gasteiger partial charge in [-0.05, 0) is 33.0 Å². The molecule has 2 saturated heterocycles. The number of methoxy groups -OCH3 is 1. The quantitative estimate of drug-likeness (QED) is 0.791. The molecule has 22 heavy (non-hydrogen) atoms. The first-order valence-electron chi connectivity index (χ1n) is 8.29. The number of ether oxygens (including phenoxy) is 1. The first-order valence-corrected chi connectivity index (χ1v) is 8.29. The average molecular weight is 304 g/mol. The van der Waals surface area contributed by atoms with Crippen LogP contribution in [0.2, 0.25) is 0 Å². The van der Waals surface area contributed by atoms with Crippen LogP contribution in [0.15, 0.2) is 18.3 Å². The SMILES string of the molecule is COc1ncccc1CN1CC[C@@H]2[C@@H]1CCN2CCN(C)C. The number of pyridine rings is 1. The summed E-state index contributed by atoms with van der Waals surface area (Å²) in [6.45, 7) is 5.73. The Morgan fingerprint density at radius 3 is 2.68 bits per heavy atom. The number of likely N-dealkylation sites (N-methyl/N-ethyl adjacent to an activating group) is 1. The summed E-state index contributed by atoms with van der Waals surface area (Å²) in [4.78, 5) is 11.9. The van der Waals surface area contributed by atoms with E-state index in [1.54, 1.807) is 13.3 Å². The fourth-order valence-corrected chi connectivity index (χ4v) is 3.91. The van der Waals surface area contributed by atoms with Crippen molar-refractivity contribution in [1.82, 2.24) is 19.7 Å². The minimum atomic E-state index is 0.701. The van der Waals surface area contributed by atoms with Crippen molar-refractivity contribution in [3.05, 3.63) is 23.9 Å². The monoisotopic (exact) mass is 304 g/mol. The van der Waals surface area contributed by atoms with E-state index < -0.39 is 0 Å². The maximum absolute atomic E-state index is 5.40. The van der Waals surface area contributed by atoms with Crippen LogP contribution in [0.25, 0.3) is 0 Å². The van der Waals surface area contributed by atoms with Gasteiger partial charge in [0.1, 0.15) is 0 Å². The maximum atomic E-state index is 5.40. The van der Waals surface area contributed by atoms with Crippen molar-refractivity contribution in [1.29, 1.82) is 0 Å². The Balaban J connectivity index is 1.61. The van der Waals surface area contributed by atoms with Crippen LogP contribution in [0.5, 0.6) is 5.88 Å². The summed E-state index contributed by atoms with van der Waals surface area (Å²) in [5.74, 6) is 0.772. The minimum absolute atomic E-state index is 0.701. The van der Waals surface area contributed by atoms with Crippen LogP contribution in [0.4, 0.5) is 0 Å². The fourth-order valence-electron chi connectivity index (χ4n) is 3.91. The van der Waals surface area contributed by atoms with Gasteiger partial charge in [0.2, 0.25) is 5.88 Å². The van der Waals surface area contributed by atoms with Gasteiger partial charge in [-0.1, -0.05) is 6.07 Å². The van der Waals surface area contributed by atoms with E-state index in [-0.39, 0.29) is 0 Å². The predicted octanol–water partition coefficient (Wildman–Crippen LogP) is 1.30. The van der Waals surface area contributed by atoms with Gasteiger partial charge in [0, 0.05) is 56.6 Å². The molecule has 0 amide bonds. The molecule has 0 radical (unpaired) electrons. The first kappa shape index (κ1) is 15.7. The molecular formula is C17H28N4O. The van der Waals surface area contributed by atoms with Gasteiger partial charge < -0.3 is 9.64 Å². The molecule has 1 aromatic heterocycles. The van der Waals surface area contributed by atoms with Crippen LogP contribution in [0.3, 0.4) is 0 Å². The standard InChI is InChI=1S/C17H28N4O/c1-19(2)11-12-20-9-6-16-15(20)7-10-21(16)13-14-5-4-8-18-17(14)22-3/h4-5,8,15-16H,6-7,9-13H2,1-3H3/t15-,16+/m1/s1. The highest BCUT2D eigenvalue weighted by atomic mass is 16.5. The zero-order valence-corrected chi connectivity index (χ0v) is 14.0. The largest absolute Gasteiger partial charge is 0.481 e. The van der Waals surface area contributed by atoms with Crippen molar-refractivity contribution in [3.63, 3.8) is 0 Å². The van der Waals surface area contributed by atoms with E-state index in [0.717, 1.165) is 25.0 Å². The van der Waals surface area contributed by atoms with E-state index in [2.05, 4.69) is 39.8 Å². The summed E-state index contributed by atoms with van der Waals surface area (Å²) in [7, 11) is 6.02. The van der Waals surface area contributed by atoms with Gasteiger partial charge in [-0.15, -0.1) is 0 Å². The van der Waals surface area contributed by atoms with Crippen molar-refractivity contribution in [2.24, 2.45) is 0 Å². The van der Waals surface area contributed by atoms with E-state index in [1.165, 1.54) is 38.0 Å². The number of nitrogens with zero attached hydrogens (tertiary/aromatic N) is 4. The molecule has 2 aliphatic rings. The van der Waals surface area contributed by atoms with Crippen molar-refractivity contribution in [3.8, 4) is 5.88 Å². The summed E-state index contributed by atoms with van der Waals surface area (Å²) in [5, 5.41) is 0. The topological polar surface area (TPSA) is 31.8 Å². The van der Waals surface area contributed by atoms with Gasteiger partial charge in [-0.25, -0.2) is 4.98 Å². The molecule has 122 valence electrons. The van der Waals surface area contributed by atoms with Gasteiger partial charge >= 0.3 is 0 Å². The molecule has 0 unspecified atom stereocenters. The van der Waals surface area contributed by atoms with Crippen LogP contribution < -0.4 is 4.74 Å². The zero-order valence-electron chi connectivity index (χ0n) is 14.0. The first-order chi connectivity index (χ1) is 10.7. The highest BCUT2D eigenvalue weighted by Gasteiger charge is 2.42. The smallest absolute Gasteiger partial charge is 0.217 e. The number of aromatic nitrogens is 1. The molecule has 5 heteroatoms. The van der Waals surface area contributed by atoms with Gasteiger partial charge in [-0.2, -0.15) is 0 Å². The van der Waals surface area contributed by atoms with Gasteiger partial charge in [0.05, 0.1) is 7.11 Å². The van der Waals surface area contributed by atoms with Crippen LogP contribution >= 0.6 is 0 Å². The Morgan fingerprint density at radius 1 is 1.23 bits per heavy atom. The lowest BCUT2D eigenvalue weighted by Gasteiger charge is -2.26. The third kappa shape index (κ3) is 3.26. The second kappa shape index (κ2) is 6.94. The molecule has 0 N–H and O–H groups in total. The minimum Gasteiger partial charge on any atom is -0.481 e. The Bertz CT molecular complexity index is 493. The highest BCUT2D eigenvalue weighted by Crippen LogP contribution is 2.33. The molecule has 1 aromatic rings. The lowest BCUT2D eigenvalue weighted by atomic mass is 10.1. The molecule has 0 saturated carbocycles. The molecule has 0 bridgehead atoms. The molecular weight excluding hydrogens is 276 g/mol. The molecule has 5 nitrogen and oxygen atoms in total. The molecule has 2 atom stereocenters. The number of hydrogen-bond acceptors (Lipinski definition) is 5. The normalized spacial score (nSPS) is 25.8. The molecule has 2 aliphatic heterocycles. The second-order valence-electron chi connectivity index (χ2n) is 6.69. The van der Waals surface area contributed by atoms with Crippen molar-refractivity contribution >= 4 is 0 Å². The van der Waals surface area contributed by atoms with E-state index in [4.69, 9.17) is 4.74 Å². The van der Waals surface area contributed by atoms with E-state index in [0.29, 0.717) is 6.04 Å². The lowest BCUT2D eigenvalue weighted by Crippen LogP contribution is -2.39. The molecule has 0 aromatic carbocycles. The molecule has 3 rings (SSSR count). The lowest BCUT2D eigenvalue weighted by molar-refractivity contribution is 0.203. The second-order valence-corrected chi connectivity index (χ2v) is 6.69. The van der Waals surface area contributed by atoms with Gasteiger partial charge in [0.25, 0.3) is 0 Å². The van der Waals surface area contributed by atoms with E-state index in [9.17, 15) is 0 Å². The van der Waals surface area contributed by atoms with Crippen LogP contribution in [-0.2, 0) is 6.54 Å². The van der Waals surface area contributed by atoms with Crippen LogP contribution in [-0.4, -0.2) is 79.2 Å². The van der Waals surface area contributed by atoms with E-state index >= 15 is 0 Å². The molecule has 3 heterocycles. The average Bonchev–Trinajstić information content (AvgIpc) is 3.09. The summed E-state index contributed by atoms with van der Waals surface area (Å²) >= 11 is 0. The van der Waals surface area contributed by atoms with Crippen LogP contribution in [0, 0.1) is 0 Å². The third-order valence-corrected chi connectivity index (χ3v) is 5.06. The fraction of sp³-hybridized carbons (Fsp3) is 0.706. The maximum Gasteiger partial charge on any atom is 0.217 e. The molecule has 0 aliphatic carbocycles. The molecule has 0 spiro atoms. The van der Waals surface area contributed by atoms with E-state index in [1.807, 2.05) is 6.07 Å². The Kier molecular flexibility index (Phi) is 4.96. The number of likely N-dealkylation sites (tertiary alicyclic amines) is 2. The summed E-state index contributed by atoms with van der Waals surface area (Å²) in [5.41, 5.74) is 1.21. The van der Waals surface area contributed by atoms with Crippen molar-refractivity contribution in [2.45, 2.75) is 31.5 Å². The Hall–Kier alpha value is -1.17. The Labute approximate surface area is 133 Å². The number of rotatable bonds is 6. The number of hydrogen-bond donors (Lipinski definition) is 0. The van der Waals surface area contributed by atoms with Gasteiger partial charge in [0.15, 0.2) is 0 Å². The van der Waals surface area contributed by atoms with Crippen molar-refractivity contribution in [2.75, 3.05) is 47.4 Å². The predicted molar refractivity (Wildman–Crippen MR) is 88.1 cm³/mol. The van der Waals surface area contributed by atoms with Gasteiger partial charge in [-0.3, -0.25) is 9.80 Å². The summed E-state index contributed by atoms with van der Waals surface area (Å²) in [6.07, 6.45) is 4.38. The van der Waals surface area contributed by atoms with Crippen LogP contribution in [0.1, 0.15) is 18.4 Å².